The molecule has 7 nitrogen and oxygen atoms in total. The number of fused-ring (bicyclic) bond motifs is 4. The summed E-state index contributed by atoms with van der Waals surface area (Å²) in [6.07, 6.45) is 2.73. The zero-order valence-electron chi connectivity index (χ0n) is 21.2. The predicted molar refractivity (Wildman–Crippen MR) is 136 cm³/mol. The van der Waals surface area contributed by atoms with Crippen LogP contribution in [0.4, 0.5) is 5.69 Å². The van der Waals surface area contributed by atoms with Crippen molar-refractivity contribution in [2.24, 2.45) is 29.1 Å². The first-order valence-electron chi connectivity index (χ1n) is 13.0. The third kappa shape index (κ3) is 3.00. The zero-order valence-corrected chi connectivity index (χ0v) is 21.2. The van der Waals surface area contributed by atoms with Crippen LogP contribution in [0.25, 0.3) is 0 Å². The molecule has 2 aliphatic carbocycles. The highest BCUT2D eigenvalue weighted by atomic mass is 16.3. The van der Waals surface area contributed by atoms with Crippen LogP contribution in [0.5, 0.6) is 5.75 Å². The van der Waals surface area contributed by atoms with Crippen molar-refractivity contribution in [3.8, 4) is 5.75 Å². The predicted octanol–water partition coefficient (Wildman–Crippen LogP) is 3.95. The fourth-order valence-electron chi connectivity index (χ4n) is 7.47. The molecule has 6 rings (SSSR count). The normalized spacial score (nSPS) is 32.8. The van der Waals surface area contributed by atoms with Crippen LogP contribution in [0.2, 0.25) is 0 Å². The SMILES string of the molecule is CCN1C(=O)C2CC=C3C(CC4C(=O)N(c5ccccc5)C(=O)C4(C)C3c3cccc(C)c3O)C2C1=O. The lowest BCUT2D eigenvalue weighted by Crippen LogP contribution is -2.48. The van der Waals surface area contributed by atoms with Gasteiger partial charge in [-0.3, -0.25) is 24.1 Å². The van der Waals surface area contributed by atoms with Crippen molar-refractivity contribution < 1.29 is 24.3 Å². The van der Waals surface area contributed by atoms with Gasteiger partial charge in [-0.2, -0.15) is 0 Å². The number of amides is 4. The summed E-state index contributed by atoms with van der Waals surface area (Å²) >= 11 is 0. The van der Waals surface area contributed by atoms with E-state index in [-0.39, 0.29) is 35.3 Å². The summed E-state index contributed by atoms with van der Waals surface area (Å²) in [5, 5.41) is 11.2. The molecule has 37 heavy (non-hydrogen) atoms. The Labute approximate surface area is 215 Å². The summed E-state index contributed by atoms with van der Waals surface area (Å²) in [4.78, 5) is 57.3. The molecule has 190 valence electrons. The Balaban J connectivity index is 1.56. The minimum absolute atomic E-state index is 0.0959. The number of aryl methyl sites for hydroxylation is 1. The second-order valence-electron chi connectivity index (χ2n) is 10.9. The molecule has 1 N–H and O–H groups in total. The molecule has 3 fully saturated rings. The number of rotatable bonds is 3. The minimum Gasteiger partial charge on any atom is -0.507 e. The van der Waals surface area contributed by atoms with Crippen molar-refractivity contribution in [2.45, 2.75) is 39.5 Å². The van der Waals surface area contributed by atoms with E-state index in [2.05, 4.69) is 0 Å². The number of carbonyl (C=O) groups excluding carboxylic acids is 4. The lowest BCUT2D eigenvalue weighted by molar-refractivity contribution is -0.140. The molecule has 1 saturated carbocycles. The zero-order chi connectivity index (χ0) is 26.2. The summed E-state index contributed by atoms with van der Waals surface area (Å²) in [6, 6.07) is 14.4. The maximum Gasteiger partial charge on any atom is 0.241 e. The van der Waals surface area contributed by atoms with Crippen LogP contribution in [0.1, 0.15) is 43.7 Å². The van der Waals surface area contributed by atoms with Crippen LogP contribution in [0.15, 0.2) is 60.2 Å². The van der Waals surface area contributed by atoms with Crippen molar-refractivity contribution >= 4 is 29.3 Å². The van der Waals surface area contributed by atoms with E-state index in [0.29, 0.717) is 36.2 Å². The van der Waals surface area contributed by atoms with Gasteiger partial charge in [-0.05, 0) is 57.2 Å². The molecule has 7 heteroatoms. The summed E-state index contributed by atoms with van der Waals surface area (Å²) in [6.45, 7) is 5.75. The Kier molecular flexibility index (Phi) is 5.20. The standard InChI is InChI=1S/C30H30N2O5/c1-4-31-26(34)19-14-13-18-21(23(19)28(31)36)15-22-27(35)32(17-10-6-5-7-11-17)29(37)30(22,3)24(18)20-12-8-9-16(2)25(20)33/h5-13,19,21-24,33H,4,14-15H2,1-3H3. The van der Waals surface area contributed by atoms with Crippen LogP contribution in [-0.2, 0) is 19.2 Å². The summed E-state index contributed by atoms with van der Waals surface area (Å²) in [5.41, 5.74) is 1.51. The molecular weight excluding hydrogens is 468 g/mol. The molecule has 2 aromatic rings. The van der Waals surface area contributed by atoms with Crippen molar-refractivity contribution in [1.82, 2.24) is 4.90 Å². The van der Waals surface area contributed by atoms with Gasteiger partial charge in [0.15, 0.2) is 0 Å². The van der Waals surface area contributed by atoms with E-state index in [4.69, 9.17) is 0 Å². The molecule has 0 radical (unpaired) electrons. The molecule has 4 amide bonds. The first-order valence-corrected chi connectivity index (χ1v) is 13.0. The number of anilines is 1. The molecule has 0 aromatic heterocycles. The second-order valence-corrected chi connectivity index (χ2v) is 10.9. The lowest BCUT2D eigenvalue weighted by Gasteiger charge is -2.49. The van der Waals surface area contributed by atoms with Crippen LogP contribution in [-0.4, -0.2) is 40.2 Å². The van der Waals surface area contributed by atoms with Crippen molar-refractivity contribution in [2.75, 3.05) is 11.4 Å². The van der Waals surface area contributed by atoms with Gasteiger partial charge in [0, 0.05) is 18.0 Å². The number of allylic oxidation sites excluding steroid dienone is 2. The van der Waals surface area contributed by atoms with E-state index >= 15 is 0 Å². The van der Waals surface area contributed by atoms with Crippen molar-refractivity contribution in [3.05, 3.63) is 71.3 Å². The van der Waals surface area contributed by atoms with Gasteiger partial charge in [-0.15, -0.1) is 0 Å². The first kappa shape index (κ1) is 23.6. The Morgan fingerprint density at radius 3 is 2.38 bits per heavy atom. The molecule has 0 spiro atoms. The van der Waals surface area contributed by atoms with Crippen molar-refractivity contribution in [1.29, 1.82) is 0 Å². The van der Waals surface area contributed by atoms with Gasteiger partial charge in [0.1, 0.15) is 5.75 Å². The fraction of sp³-hybridized carbons (Fsp3) is 0.400. The number of phenols is 1. The second kappa shape index (κ2) is 8.13. The minimum atomic E-state index is -1.15. The number of phenolic OH excluding ortho intramolecular Hbond substituents is 1. The van der Waals surface area contributed by atoms with Gasteiger partial charge in [-0.25, -0.2) is 4.90 Å². The number of aromatic hydroxyl groups is 1. The van der Waals surface area contributed by atoms with Crippen molar-refractivity contribution in [3.63, 3.8) is 0 Å². The molecule has 2 heterocycles. The molecule has 2 aliphatic heterocycles. The summed E-state index contributed by atoms with van der Waals surface area (Å²) in [5.74, 6) is -3.50. The average Bonchev–Trinajstić information content (AvgIpc) is 3.26. The molecule has 4 aliphatic rings. The van der Waals surface area contributed by atoms with Gasteiger partial charge >= 0.3 is 0 Å². The highest BCUT2D eigenvalue weighted by Crippen LogP contribution is 2.64. The monoisotopic (exact) mass is 498 g/mol. The van der Waals surface area contributed by atoms with E-state index in [1.165, 1.54) is 9.80 Å². The third-order valence-corrected chi connectivity index (χ3v) is 9.28. The van der Waals surface area contributed by atoms with Crippen LogP contribution in [0.3, 0.4) is 0 Å². The lowest BCUT2D eigenvalue weighted by atomic mass is 9.51. The number of nitrogens with zero attached hydrogens (tertiary/aromatic N) is 2. The van der Waals surface area contributed by atoms with Gasteiger partial charge in [0.05, 0.1) is 28.9 Å². The van der Waals surface area contributed by atoms with E-state index in [9.17, 15) is 24.3 Å². The summed E-state index contributed by atoms with van der Waals surface area (Å²) in [7, 11) is 0. The van der Waals surface area contributed by atoms with Crippen LogP contribution in [0, 0.1) is 36.0 Å². The van der Waals surface area contributed by atoms with E-state index in [1.807, 2.05) is 31.2 Å². The number of para-hydroxylation sites is 2. The highest BCUT2D eigenvalue weighted by molar-refractivity contribution is 6.24. The number of benzene rings is 2. The van der Waals surface area contributed by atoms with E-state index in [0.717, 1.165) is 5.57 Å². The molecule has 6 atom stereocenters. The molecule has 6 unspecified atom stereocenters. The van der Waals surface area contributed by atoms with Gasteiger partial charge < -0.3 is 5.11 Å². The Bertz CT molecular complexity index is 1380. The molecule has 2 saturated heterocycles. The Hall–Kier alpha value is -3.74. The maximum atomic E-state index is 14.2. The highest BCUT2D eigenvalue weighted by Gasteiger charge is 2.67. The third-order valence-electron chi connectivity index (χ3n) is 9.28. The smallest absolute Gasteiger partial charge is 0.241 e. The Morgan fingerprint density at radius 2 is 1.68 bits per heavy atom. The number of hydrogen-bond donors (Lipinski definition) is 1. The molecule has 0 bridgehead atoms. The quantitative estimate of drug-likeness (QED) is 0.511. The van der Waals surface area contributed by atoms with Gasteiger partial charge in [-0.1, -0.05) is 48.0 Å². The van der Waals surface area contributed by atoms with Crippen LogP contribution >= 0.6 is 0 Å². The van der Waals surface area contributed by atoms with E-state index in [1.54, 1.807) is 44.2 Å². The van der Waals surface area contributed by atoms with E-state index < -0.39 is 29.1 Å². The number of likely N-dealkylation sites (tertiary alicyclic amines) is 1. The Morgan fingerprint density at radius 1 is 0.946 bits per heavy atom. The van der Waals surface area contributed by atoms with Gasteiger partial charge in [0.25, 0.3) is 0 Å². The largest absolute Gasteiger partial charge is 0.507 e. The molecule has 2 aromatic carbocycles. The fourth-order valence-corrected chi connectivity index (χ4v) is 7.47. The maximum absolute atomic E-state index is 14.2. The average molecular weight is 499 g/mol. The number of hydrogen-bond acceptors (Lipinski definition) is 5. The molecular formula is C30H30N2O5. The first-order chi connectivity index (χ1) is 17.7. The number of imide groups is 2. The van der Waals surface area contributed by atoms with Crippen LogP contribution < -0.4 is 4.90 Å². The summed E-state index contributed by atoms with van der Waals surface area (Å²) < 4.78 is 0. The topological polar surface area (TPSA) is 95.0 Å². The number of carbonyl (C=O) groups is 4. The van der Waals surface area contributed by atoms with Gasteiger partial charge in [0.2, 0.25) is 23.6 Å².